The molecule has 0 N–H and O–H groups in total. The van der Waals surface area contributed by atoms with Crippen LogP contribution in [-0.2, 0) is 11.2 Å². The molecule has 23 heavy (non-hydrogen) atoms. The molecule has 1 heterocycles. The lowest BCUT2D eigenvalue weighted by molar-refractivity contribution is 0.0514. The van der Waals surface area contributed by atoms with Crippen LogP contribution in [0.2, 0.25) is 0 Å². The summed E-state index contributed by atoms with van der Waals surface area (Å²) in [6.07, 6.45) is 0.956. The minimum Gasteiger partial charge on any atom is -0.461 e. The van der Waals surface area contributed by atoms with Gasteiger partial charge in [0.05, 0.1) is 6.61 Å². The van der Waals surface area contributed by atoms with Crippen molar-refractivity contribution >= 4 is 11.8 Å². The molecule has 2 aromatic rings. The van der Waals surface area contributed by atoms with Crippen LogP contribution in [0.1, 0.15) is 46.4 Å². The first-order valence-corrected chi connectivity index (χ1v) is 7.12. The molecule has 0 spiro atoms. The molecule has 1 aromatic heterocycles. The molecule has 0 aliphatic rings. The molecule has 5 nitrogen and oxygen atoms in total. The lowest BCUT2D eigenvalue weighted by atomic mass is 10.0. The predicted octanol–water partition coefficient (Wildman–Crippen LogP) is 3.34. The summed E-state index contributed by atoms with van der Waals surface area (Å²) in [5.41, 5.74) is 0.197. The molecule has 122 valence electrons. The van der Waals surface area contributed by atoms with E-state index in [1.165, 1.54) is 12.1 Å². The number of aromatic nitrogens is 1. The van der Waals surface area contributed by atoms with Gasteiger partial charge in [-0.25, -0.2) is 13.6 Å². The van der Waals surface area contributed by atoms with Crippen molar-refractivity contribution in [1.29, 1.82) is 0 Å². The van der Waals surface area contributed by atoms with Crippen LogP contribution in [0.5, 0.6) is 0 Å². The highest BCUT2D eigenvalue weighted by molar-refractivity contribution is 5.96. The number of hydrogen-bond donors (Lipinski definition) is 0. The molecule has 0 fully saturated rings. The van der Waals surface area contributed by atoms with E-state index in [0.717, 1.165) is 12.1 Å². The molecule has 7 heteroatoms. The van der Waals surface area contributed by atoms with E-state index >= 15 is 0 Å². The number of carbonyl (C=O) groups excluding carboxylic acids is 2. The quantitative estimate of drug-likeness (QED) is 0.577. The second kappa shape index (κ2) is 7.62. The first kappa shape index (κ1) is 16.8. The second-order valence-corrected chi connectivity index (χ2v) is 4.80. The van der Waals surface area contributed by atoms with Gasteiger partial charge < -0.3 is 9.26 Å². The molecule has 0 atom stereocenters. The van der Waals surface area contributed by atoms with Crippen LogP contribution in [0.4, 0.5) is 8.78 Å². The molecule has 1 aromatic carbocycles. The van der Waals surface area contributed by atoms with Crippen LogP contribution in [0.3, 0.4) is 0 Å². The average Bonchev–Trinajstić information content (AvgIpc) is 2.99. The first-order valence-electron chi connectivity index (χ1n) is 7.12. The Hall–Kier alpha value is -2.57. The Morgan fingerprint density at radius 3 is 2.70 bits per heavy atom. The van der Waals surface area contributed by atoms with Gasteiger partial charge in [-0.3, -0.25) is 4.79 Å². The highest BCUT2D eigenvalue weighted by Crippen LogP contribution is 2.14. The van der Waals surface area contributed by atoms with Gasteiger partial charge in [0.1, 0.15) is 5.76 Å². The van der Waals surface area contributed by atoms with Crippen molar-refractivity contribution in [1.82, 2.24) is 5.16 Å². The molecule has 0 radical (unpaired) electrons. The fourth-order valence-corrected chi connectivity index (χ4v) is 1.97. The first-order chi connectivity index (χ1) is 11.0. The summed E-state index contributed by atoms with van der Waals surface area (Å²) in [5.74, 6) is -2.46. The number of hydrogen-bond acceptors (Lipinski definition) is 5. The fraction of sp³-hybridized carbons (Fsp3) is 0.312. The van der Waals surface area contributed by atoms with Gasteiger partial charge in [-0.2, -0.15) is 0 Å². The normalized spacial score (nSPS) is 10.6. The summed E-state index contributed by atoms with van der Waals surface area (Å²) < 4.78 is 35.7. The third-order valence-corrected chi connectivity index (χ3v) is 3.11. The number of nitrogens with zero attached hydrogens (tertiary/aromatic N) is 1. The molecule has 2 rings (SSSR count). The van der Waals surface area contributed by atoms with Gasteiger partial charge in [-0.15, -0.1) is 0 Å². The van der Waals surface area contributed by atoms with E-state index in [1.54, 1.807) is 6.92 Å². The number of benzene rings is 1. The maximum absolute atomic E-state index is 13.1. The molecule has 0 unspecified atom stereocenters. The zero-order valence-electron chi connectivity index (χ0n) is 12.5. The average molecular weight is 323 g/mol. The SMILES string of the molecule is CCOC(=O)c1cc(CCCC(=O)c2ccc(F)c(F)c2)on1. The number of ketones is 1. The maximum atomic E-state index is 13.1. The molecule has 0 aliphatic heterocycles. The Labute approximate surface area is 131 Å². The van der Waals surface area contributed by atoms with E-state index in [9.17, 15) is 18.4 Å². The molecule has 0 aliphatic carbocycles. The Kier molecular flexibility index (Phi) is 5.56. The highest BCUT2D eigenvalue weighted by atomic mass is 19.2. The Bertz CT molecular complexity index is 712. The van der Waals surface area contributed by atoms with Gasteiger partial charge in [-0.1, -0.05) is 5.16 Å². The van der Waals surface area contributed by atoms with Crippen LogP contribution in [0.15, 0.2) is 28.8 Å². The van der Waals surface area contributed by atoms with Crippen LogP contribution < -0.4 is 0 Å². The smallest absolute Gasteiger partial charge is 0.360 e. The Morgan fingerprint density at radius 2 is 2.00 bits per heavy atom. The van der Waals surface area contributed by atoms with Crippen molar-refractivity contribution in [2.24, 2.45) is 0 Å². The number of halogens is 2. The predicted molar refractivity (Wildman–Crippen MR) is 76.1 cm³/mol. The van der Waals surface area contributed by atoms with Gasteiger partial charge in [-0.05, 0) is 31.5 Å². The minimum atomic E-state index is -1.05. The lowest BCUT2D eigenvalue weighted by Gasteiger charge is -2.01. The molecular formula is C16H15F2NO4. The van der Waals surface area contributed by atoms with Crippen molar-refractivity contribution in [3.8, 4) is 0 Å². The van der Waals surface area contributed by atoms with Crippen molar-refractivity contribution in [2.75, 3.05) is 6.61 Å². The Morgan fingerprint density at radius 1 is 1.22 bits per heavy atom. The van der Waals surface area contributed by atoms with E-state index < -0.39 is 17.6 Å². The Balaban J connectivity index is 1.86. The number of carbonyl (C=O) groups is 2. The van der Waals surface area contributed by atoms with Crippen LogP contribution in [0.25, 0.3) is 0 Å². The van der Waals surface area contributed by atoms with Gasteiger partial charge >= 0.3 is 5.97 Å². The van der Waals surface area contributed by atoms with E-state index in [2.05, 4.69) is 5.16 Å². The number of Topliss-reactive ketones (excluding diaryl/α,β-unsaturated/α-hetero) is 1. The van der Waals surface area contributed by atoms with Gasteiger partial charge in [0.15, 0.2) is 23.1 Å². The third-order valence-electron chi connectivity index (χ3n) is 3.11. The summed E-state index contributed by atoms with van der Waals surface area (Å²) in [5, 5.41) is 3.59. The van der Waals surface area contributed by atoms with Gasteiger partial charge in [0, 0.05) is 24.5 Å². The molecular weight excluding hydrogens is 308 g/mol. The zero-order valence-corrected chi connectivity index (χ0v) is 12.5. The third kappa shape index (κ3) is 4.45. The molecule has 0 saturated carbocycles. The van der Waals surface area contributed by atoms with Crippen molar-refractivity contribution in [3.05, 3.63) is 52.9 Å². The molecule has 0 saturated heterocycles. The van der Waals surface area contributed by atoms with E-state index in [1.807, 2.05) is 0 Å². The highest BCUT2D eigenvalue weighted by Gasteiger charge is 2.14. The summed E-state index contributed by atoms with van der Waals surface area (Å²) >= 11 is 0. The van der Waals surface area contributed by atoms with E-state index in [0.29, 0.717) is 18.6 Å². The fourth-order valence-electron chi connectivity index (χ4n) is 1.97. The van der Waals surface area contributed by atoms with Crippen molar-refractivity contribution in [3.63, 3.8) is 0 Å². The topological polar surface area (TPSA) is 69.4 Å². The molecule has 0 bridgehead atoms. The number of ether oxygens (including phenoxy) is 1. The number of esters is 1. The van der Waals surface area contributed by atoms with Crippen LogP contribution in [0, 0.1) is 11.6 Å². The van der Waals surface area contributed by atoms with Crippen LogP contribution >= 0.6 is 0 Å². The van der Waals surface area contributed by atoms with Crippen LogP contribution in [-0.4, -0.2) is 23.5 Å². The zero-order chi connectivity index (χ0) is 16.8. The maximum Gasteiger partial charge on any atom is 0.360 e. The molecule has 0 amide bonds. The number of rotatable bonds is 7. The van der Waals surface area contributed by atoms with Gasteiger partial charge in [0.2, 0.25) is 0 Å². The summed E-state index contributed by atoms with van der Waals surface area (Å²) in [6, 6.07) is 4.50. The minimum absolute atomic E-state index is 0.0776. The van der Waals surface area contributed by atoms with Crippen molar-refractivity contribution in [2.45, 2.75) is 26.2 Å². The summed E-state index contributed by atoms with van der Waals surface area (Å²) in [7, 11) is 0. The van der Waals surface area contributed by atoms with E-state index in [4.69, 9.17) is 9.26 Å². The van der Waals surface area contributed by atoms with Crippen molar-refractivity contribution < 1.29 is 27.6 Å². The monoisotopic (exact) mass is 323 g/mol. The summed E-state index contributed by atoms with van der Waals surface area (Å²) in [4.78, 5) is 23.3. The van der Waals surface area contributed by atoms with E-state index in [-0.39, 0.29) is 30.1 Å². The largest absolute Gasteiger partial charge is 0.461 e. The summed E-state index contributed by atoms with van der Waals surface area (Å²) in [6.45, 7) is 1.92. The lowest BCUT2D eigenvalue weighted by Crippen LogP contribution is -2.04. The van der Waals surface area contributed by atoms with Gasteiger partial charge in [0.25, 0.3) is 0 Å². The standard InChI is InChI=1S/C16H15F2NO4/c1-2-22-16(21)14-9-11(23-19-14)4-3-5-15(20)10-6-7-12(17)13(18)8-10/h6-9H,2-5H2,1H3. The second-order valence-electron chi connectivity index (χ2n) is 4.80. The number of aryl methyl sites for hydroxylation is 1.